The van der Waals surface area contributed by atoms with E-state index in [4.69, 9.17) is 4.74 Å². The second kappa shape index (κ2) is 6.58. The third kappa shape index (κ3) is 3.44. The fourth-order valence-electron chi connectivity index (χ4n) is 2.47. The number of ether oxygens (including phenoxy) is 1. The van der Waals surface area contributed by atoms with E-state index >= 15 is 0 Å². The summed E-state index contributed by atoms with van der Waals surface area (Å²) >= 11 is 0. The van der Waals surface area contributed by atoms with Gasteiger partial charge in [0.25, 0.3) is 0 Å². The van der Waals surface area contributed by atoms with E-state index in [9.17, 15) is 0 Å². The van der Waals surface area contributed by atoms with Crippen LogP contribution in [0.5, 0.6) is 0 Å². The van der Waals surface area contributed by atoms with Crippen molar-refractivity contribution < 1.29 is 4.74 Å². The number of likely N-dealkylation sites (N-methyl/N-ethyl adjacent to an activating group) is 1. The summed E-state index contributed by atoms with van der Waals surface area (Å²) in [4.78, 5) is 2.51. The van der Waals surface area contributed by atoms with E-state index in [0.717, 1.165) is 19.7 Å². The lowest BCUT2D eigenvalue weighted by Gasteiger charge is -2.40. The van der Waals surface area contributed by atoms with Crippen molar-refractivity contribution in [3.05, 3.63) is 0 Å². The largest absolute Gasteiger partial charge is 0.374 e. The lowest BCUT2D eigenvalue weighted by atomic mass is 9.93. The summed E-state index contributed by atoms with van der Waals surface area (Å²) in [6.45, 7) is 12.1. The zero-order valence-corrected chi connectivity index (χ0v) is 11.5. The van der Waals surface area contributed by atoms with E-state index in [-0.39, 0.29) is 0 Å². The number of hydrogen-bond donors (Lipinski definition) is 1. The Morgan fingerprint density at radius 2 is 2.06 bits per heavy atom. The molecule has 3 atom stereocenters. The Bertz CT molecular complexity index is 196. The Morgan fingerprint density at radius 3 is 2.56 bits per heavy atom. The number of morpholine rings is 1. The van der Waals surface area contributed by atoms with Crippen molar-refractivity contribution in [3.63, 3.8) is 0 Å². The standard InChI is InChI=1S/C13H28N2O/c1-6-11(4)13(14-5)12-9-15(10(2)3)7-8-16-12/h10-14H,6-9H2,1-5H3. The monoisotopic (exact) mass is 228 g/mol. The SMILES string of the molecule is CCC(C)C(NC)C1CN(C(C)C)CCO1. The van der Waals surface area contributed by atoms with Crippen LogP contribution in [0, 0.1) is 5.92 Å². The maximum absolute atomic E-state index is 5.93. The van der Waals surface area contributed by atoms with Crippen molar-refractivity contribution in [3.8, 4) is 0 Å². The Morgan fingerprint density at radius 1 is 1.38 bits per heavy atom. The molecule has 1 rings (SSSR count). The number of nitrogens with zero attached hydrogens (tertiary/aromatic N) is 1. The molecule has 1 aliphatic heterocycles. The lowest BCUT2D eigenvalue weighted by Crippen LogP contribution is -2.55. The minimum atomic E-state index is 0.344. The summed E-state index contributed by atoms with van der Waals surface area (Å²) in [5, 5.41) is 3.43. The second-order valence-corrected chi connectivity index (χ2v) is 5.20. The number of hydrogen-bond acceptors (Lipinski definition) is 3. The van der Waals surface area contributed by atoms with Gasteiger partial charge in [-0.3, -0.25) is 4.90 Å². The van der Waals surface area contributed by atoms with Gasteiger partial charge in [-0.2, -0.15) is 0 Å². The Kier molecular flexibility index (Phi) is 5.73. The molecule has 1 heterocycles. The predicted molar refractivity (Wildman–Crippen MR) is 68.8 cm³/mol. The van der Waals surface area contributed by atoms with Crippen molar-refractivity contribution in [2.75, 3.05) is 26.7 Å². The van der Waals surface area contributed by atoms with Crippen LogP contribution >= 0.6 is 0 Å². The molecule has 96 valence electrons. The highest BCUT2D eigenvalue weighted by Gasteiger charge is 2.30. The van der Waals surface area contributed by atoms with E-state index in [1.54, 1.807) is 0 Å². The maximum atomic E-state index is 5.93. The summed E-state index contributed by atoms with van der Waals surface area (Å²) < 4.78 is 5.93. The van der Waals surface area contributed by atoms with Crippen LogP contribution < -0.4 is 5.32 Å². The van der Waals surface area contributed by atoms with Crippen molar-refractivity contribution in [2.24, 2.45) is 5.92 Å². The minimum Gasteiger partial charge on any atom is -0.374 e. The zero-order valence-electron chi connectivity index (χ0n) is 11.5. The molecule has 1 aliphatic rings. The maximum Gasteiger partial charge on any atom is 0.0857 e. The molecule has 0 aromatic rings. The molecule has 1 N–H and O–H groups in total. The third-order valence-corrected chi connectivity index (χ3v) is 3.85. The first-order valence-electron chi connectivity index (χ1n) is 6.63. The van der Waals surface area contributed by atoms with Crippen LogP contribution in [0.25, 0.3) is 0 Å². The van der Waals surface area contributed by atoms with Gasteiger partial charge in [-0.15, -0.1) is 0 Å². The first kappa shape index (κ1) is 13.9. The summed E-state index contributed by atoms with van der Waals surface area (Å²) in [7, 11) is 2.05. The van der Waals surface area contributed by atoms with E-state index in [2.05, 4.69) is 45.0 Å². The topological polar surface area (TPSA) is 24.5 Å². The highest BCUT2D eigenvalue weighted by Crippen LogP contribution is 2.18. The quantitative estimate of drug-likeness (QED) is 0.775. The number of nitrogens with one attached hydrogen (secondary N) is 1. The van der Waals surface area contributed by atoms with Crippen LogP contribution in [0.2, 0.25) is 0 Å². The Hall–Kier alpha value is -0.120. The van der Waals surface area contributed by atoms with Gasteiger partial charge in [0, 0.05) is 25.2 Å². The van der Waals surface area contributed by atoms with Crippen LogP contribution in [-0.2, 0) is 4.74 Å². The van der Waals surface area contributed by atoms with Gasteiger partial charge in [0.05, 0.1) is 12.7 Å². The molecule has 1 saturated heterocycles. The van der Waals surface area contributed by atoms with Crippen LogP contribution in [0.3, 0.4) is 0 Å². The highest BCUT2D eigenvalue weighted by molar-refractivity contribution is 4.86. The van der Waals surface area contributed by atoms with E-state index in [1.165, 1.54) is 6.42 Å². The average molecular weight is 228 g/mol. The molecule has 3 heteroatoms. The summed E-state index contributed by atoms with van der Waals surface area (Å²) in [6, 6.07) is 1.10. The fourth-order valence-corrected chi connectivity index (χ4v) is 2.47. The summed E-state index contributed by atoms with van der Waals surface area (Å²) in [6.07, 6.45) is 1.55. The minimum absolute atomic E-state index is 0.344. The van der Waals surface area contributed by atoms with E-state index in [0.29, 0.717) is 24.1 Å². The highest BCUT2D eigenvalue weighted by atomic mass is 16.5. The molecule has 0 amide bonds. The van der Waals surface area contributed by atoms with Crippen molar-refractivity contribution >= 4 is 0 Å². The van der Waals surface area contributed by atoms with Crippen LogP contribution in [0.1, 0.15) is 34.1 Å². The second-order valence-electron chi connectivity index (χ2n) is 5.20. The summed E-state index contributed by atoms with van der Waals surface area (Å²) in [5.74, 6) is 0.669. The van der Waals surface area contributed by atoms with Crippen LogP contribution in [0.15, 0.2) is 0 Å². The van der Waals surface area contributed by atoms with Crippen LogP contribution in [-0.4, -0.2) is 49.8 Å². The molecule has 0 bridgehead atoms. The first-order chi connectivity index (χ1) is 7.60. The molecule has 3 nitrogen and oxygen atoms in total. The van der Waals surface area contributed by atoms with Gasteiger partial charge in [0.15, 0.2) is 0 Å². The van der Waals surface area contributed by atoms with Crippen molar-refractivity contribution in [2.45, 2.75) is 52.3 Å². The van der Waals surface area contributed by atoms with Gasteiger partial charge in [0.1, 0.15) is 0 Å². The predicted octanol–water partition coefficient (Wildman–Crippen LogP) is 1.73. The Balaban J connectivity index is 2.56. The fraction of sp³-hybridized carbons (Fsp3) is 1.00. The Labute approximate surface area is 101 Å². The van der Waals surface area contributed by atoms with Gasteiger partial charge in [0.2, 0.25) is 0 Å². The molecule has 0 aliphatic carbocycles. The molecule has 0 radical (unpaired) electrons. The molecule has 1 fully saturated rings. The smallest absolute Gasteiger partial charge is 0.0857 e. The van der Waals surface area contributed by atoms with E-state index < -0.39 is 0 Å². The van der Waals surface area contributed by atoms with E-state index in [1.807, 2.05) is 0 Å². The van der Waals surface area contributed by atoms with Crippen LogP contribution in [0.4, 0.5) is 0 Å². The third-order valence-electron chi connectivity index (χ3n) is 3.85. The molecule has 3 unspecified atom stereocenters. The first-order valence-corrected chi connectivity index (χ1v) is 6.63. The molecular weight excluding hydrogens is 200 g/mol. The molecule has 0 aromatic heterocycles. The van der Waals surface area contributed by atoms with Gasteiger partial charge in [-0.05, 0) is 26.8 Å². The average Bonchev–Trinajstić information content (AvgIpc) is 2.30. The molecule has 0 spiro atoms. The normalized spacial score (nSPS) is 27.0. The molecule has 16 heavy (non-hydrogen) atoms. The molecule has 0 saturated carbocycles. The summed E-state index contributed by atoms with van der Waals surface area (Å²) in [5.41, 5.74) is 0. The lowest BCUT2D eigenvalue weighted by molar-refractivity contribution is -0.0625. The van der Waals surface area contributed by atoms with Gasteiger partial charge >= 0.3 is 0 Å². The van der Waals surface area contributed by atoms with Crippen molar-refractivity contribution in [1.82, 2.24) is 10.2 Å². The molecule has 0 aromatic carbocycles. The van der Waals surface area contributed by atoms with Gasteiger partial charge in [-0.1, -0.05) is 20.3 Å². The molecular formula is C13H28N2O. The van der Waals surface area contributed by atoms with Gasteiger partial charge < -0.3 is 10.1 Å². The number of rotatable bonds is 5. The van der Waals surface area contributed by atoms with Gasteiger partial charge in [-0.25, -0.2) is 0 Å². The zero-order chi connectivity index (χ0) is 12.1. The van der Waals surface area contributed by atoms with Crippen molar-refractivity contribution in [1.29, 1.82) is 0 Å².